The van der Waals surface area contributed by atoms with Gasteiger partial charge in [-0.05, 0) is 56.5 Å². The van der Waals surface area contributed by atoms with Gasteiger partial charge < -0.3 is 15.8 Å². The molecule has 0 fully saturated rings. The summed E-state index contributed by atoms with van der Waals surface area (Å²) in [4.78, 5) is 8.99. The summed E-state index contributed by atoms with van der Waals surface area (Å²) in [6.07, 6.45) is 9.14. The lowest BCUT2D eigenvalue weighted by Gasteiger charge is -2.12. The molecule has 162 valence electrons. The quantitative estimate of drug-likeness (QED) is 0.405. The summed E-state index contributed by atoms with van der Waals surface area (Å²) in [5.41, 5.74) is 11.3. The van der Waals surface area contributed by atoms with Gasteiger partial charge in [0.2, 0.25) is 0 Å². The van der Waals surface area contributed by atoms with Gasteiger partial charge in [0.05, 0.1) is 36.4 Å². The molecule has 1 heterocycles. The van der Waals surface area contributed by atoms with Crippen molar-refractivity contribution in [3.05, 3.63) is 89.7 Å². The minimum absolute atomic E-state index is 0.182. The number of pyridine rings is 1. The lowest BCUT2D eigenvalue weighted by Crippen LogP contribution is -2.15. The maximum absolute atomic E-state index is 5.69. The molecule has 1 aliphatic rings. The molecule has 30 heavy (non-hydrogen) atoms. The van der Waals surface area contributed by atoms with Gasteiger partial charge in [0.1, 0.15) is 5.82 Å². The van der Waals surface area contributed by atoms with E-state index < -0.39 is 0 Å². The molecule has 5 nitrogen and oxygen atoms in total. The van der Waals surface area contributed by atoms with Crippen molar-refractivity contribution in [3.8, 4) is 0 Å². The highest BCUT2D eigenvalue weighted by Crippen LogP contribution is 2.17. The van der Waals surface area contributed by atoms with Gasteiger partial charge in [0.15, 0.2) is 0 Å². The van der Waals surface area contributed by atoms with Crippen LogP contribution in [0, 0.1) is 0 Å². The zero-order chi connectivity index (χ0) is 22.5. The molecule has 0 amide bonds. The topological polar surface area (TPSA) is 72.5 Å². The number of hydrogen-bond donors (Lipinski definition) is 2. The zero-order valence-electron chi connectivity index (χ0n) is 19.0. The van der Waals surface area contributed by atoms with Crippen LogP contribution >= 0.6 is 0 Å². The van der Waals surface area contributed by atoms with E-state index in [4.69, 9.17) is 10.5 Å². The summed E-state index contributed by atoms with van der Waals surface area (Å²) in [5, 5.41) is 3.33. The van der Waals surface area contributed by atoms with Gasteiger partial charge in [-0.1, -0.05) is 51.3 Å². The fourth-order valence-electron chi connectivity index (χ4n) is 2.58. The maximum atomic E-state index is 5.69. The van der Waals surface area contributed by atoms with Crippen LogP contribution in [0.2, 0.25) is 0 Å². The number of aromatic nitrogens is 1. The smallest absolute Gasteiger partial charge is 0.116 e. The Morgan fingerprint density at radius 2 is 2.00 bits per heavy atom. The van der Waals surface area contributed by atoms with Gasteiger partial charge in [-0.15, -0.1) is 0 Å². The van der Waals surface area contributed by atoms with E-state index in [9.17, 15) is 0 Å². The molecule has 0 unspecified atom stereocenters. The zero-order valence-corrected chi connectivity index (χ0v) is 19.0. The first-order valence-electron chi connectivity index (χ1n) is 10.4. The van der Waals surface area contributed by atoms with Crippen molar-refractivity contribution in [1.82, 2.24) is 10.3 Å². The molecular formula is C25H36N4O. The van der Waals surface area contributed by atoms with Crippen molar-refractivity contribution in [2.75, 3.05) is 0 Å². The Hall–Kier alpha value is -2.92. The van der Waals surface area contributed by atoms with Crippen molar-refractivity contribution >= 4 is 5.71 Å². The van der Waals surface area contributed by atoms with Crippen molar-refractivity contribution in [1.29, 1.82) is 0 Å². The average Bonchev–Trinajstić information content (AvgIpc) is 3.26. The summed E-state index contributed by atoms with van der Waals surface area (Å²) in [5.74, 6) is 0.287. The highest BCUT2D eigenvalue weighted by Gasteiger charge is 2.08. The Morgan fingerprint density at radius 3 is 2.60 bits per heavy atom. The Kier molecular flexibility index (Phi) is 11.2. The van der Waals surface area contributed by atoms with Crippen LogP contribution < -0.4 is 11.1 Å². The first-order valence-corrected chi connectivity index (χ1v) is 10.4. The second-order valence-corrected chi connectivity index (χ2v) is 6.95. The fourth-order valence-corrected chi connectivity index (χ4v) is 2.58. The van der Waals surface area contributed by atoms with Crippen LogP contribution in [0.1, 0.15) is 52.4 Å². The molecule has 0 saturated heterocycles. The molecular weight excluding hydrogens is 372 g/mol. The van der Waals surface area contributed by atoms with E-state index in [1.807, 2.05) is 71.0 Å². The molecule has 1 aromatic heterocycles. The van der Waals surface area contributed by atoms with Crippen LogP contribution in [-0.4, -0.2) is 16.8 Å². The fraction of sp³-hybridized carbons (Fsp3) is 0.360. The number of nitrogens with two attached hydrogens (primary N) is 1. The first kappa shape index (κ1) is 25.1. The molecule has 3 N–H and O–H groups in total. The standard InChI is InChI=1S/C23H30N4O.C2H6/c1-16(2)28-15-22-12-8-11-21(27-22)14-25-18(4)17(3)13-23(26-19(5)24)20-9-6-7-10-20;1-2/h6-9,11-13,16,25H,4-5,10,14-15,24H2,1-3H3;1-2H3/b17-13+,26-23+;. The summed E-state index contributed by atoms with van der Waals surface area (Å²) in [6, 6.07) is 5.95. The van der Waals surface area contributed by atoms with Gasteiger partial charge in [-0.25, -0.2) is 4.99 Å². The van der Waals surface area contributed by atoms with E-state index >= 15 is 0 Å². The largest absolute Gasteiger partial charge is 0.384 e. The van der Waals surface area contributed by atoms with Gasteiger partial charge in [-0.3, -0.25) is 4.98 Å². The normalized spacial score (nSPS) is 13.6. The van der Waals surface area contributed by atoms with E-state index in [0.717, 1.165) is 40.4 Å². The highest BCUT2D eigenvalue weighted by molar-refractivity contribution is 6.10. The molecule has 0 atom stereocenters. The van der Waals surface area contributed by atoms with Crippen LogP contribution in [-0.2, 0) is 17.9 Å². The van der Waals surface area contributed by atoms with Gasteiger partial charge in [-0.2, -0.15) is 0 Å². The molecule has 2 rings (SSSR count). The number of ether oxygens (including phenoxy) is 1. The van der Waals surface area contributed by atoms with E-state index in [1.165, 1.54) is 0 Å². The molecule has 0 saturated carbocycles. The summed E-state index contributed by atoms with van der Waals surface area (Å²) in [7, 11) is 0. The Morgan fingerprint density at radius 1 is 1.30 bits per heavy atom. The number of nitrogens with one attached hydrogen (secondary N) is 1. The summed E-state index contributed by atoms with van der Waals surface area (Å²) in [6.45, 7) is 18.9. The van der Waals surface area contributed by atoms with Crippen LogP contribution in [0.25, 0.3) is 0 Å². The first-order chi connectivity index (χ1) is 14.3. The third-order valence-corrected chi connectivity index (χ3v) is 4.11. The molecule has 0 spiro atoms. The number of rotatable bonds is 10. The number of nitrogens with zero attached hydrogens (tertiary/aromatic N) is 2. The van der Waals surface area contributed by atoms with Crippen molar-refractivity contribution in [2.24, 2.45) is 10.7 Å². The van der Waals surface area contributed by atoms with Crippen molar-refractivity contribution in [2.45, 2.75) is 60.3 Å². The Bertz CT molecular complexity index is 844. The maximum Gasteiger partial charge on any atom is 0.116 e. The van der Waals surface area contributed by atoms with Crippen LogP contribution in [0.3, 0.4) is 0 Å². The Labute approximate surface area is 181 Å². The molecule has 1 aromatic rings. The Balaban J connectivity index is 0.00000218. The van der Waals surface area contributed by atoms with Crippen LogP contribution in [0.15, 0.2) is 83.3 Å². The molecule has 1 aliphatic carbocycles. The molecule has 0 aliphatic heterocycles. The lowest BCUT2D eigenvalue weighted by atomic mass is 10.1. The molecule has 5 heteroatoms. The SMILES string of the molecule is C=C(N)/N=C(\C=C(/C)C(=C)NCc1cccc(COC(C)C)n1)C1=CC=CC1.CC. The molecule has 0 aromatic carbocycles. The minimum atomic E-state index is 0.182. The monoisotopic (exact) mass is 408 g/mol. The number of aliphatic imine (C=N–C) groups is 1. The average molecular weight is 409 g/mol. The van der Waals surface area contributed by atoms with Gasteiger partial charge in [0.25, 0.3) is 0 Å². The molecule has 0 bridgehead atoms. The number of hydrogen-bond acceptors (Lipinski definition) is 5. The predicted octanol–water partition coefficient (Wildman–Crippen LogP) is 5.34. The van der Waals surface area contributed by atoms with E-state index in [0.29, 0.717) is 13.2 Å². The van der Waals surface area contributed by atoms with Gasteiger partial charge >= 0.3 is 0 Å². The van der Waals surface area contributed by atoms with Crippen molar-refractivity contribution in [3.63, 3.8) is 0 Å². The predicted molar refractivity (Wildman–Crippen MR) is 128 cm³/mol. The summed E-state index contributed by atoms with van der Waals surface area (Å²) < 4.78 is 5.62. The van der Waals surface area contributed by atoms with Crippen molar-refractivity contribution < 1.29 is 4.74 Å². The minimum Gasteiger partial charge on any atom is -0.384 e. The third kappa shape index (κ3) is 9.05. The number of allylic oxidation sites excluding steroid dienone is 6. The van der Waals surface area contributed by atoms with Crippen LogP contribution in [0.4, 0.5) is 0 Å². The second kappa shape index (κ2) is 13.3. The highest BCUT2D eigenvalue weighted by atomic mass is 16.5. The second-order valence-electron chi connectivity index (χ2n) is 6.95. The van der Waals surface area contributed by atoms with E-state index in [-0.39, 0.29) is 11.9 Å². The summed E-state index contributed by atoms with van der Waals surface area (Å²) >= 11 is 0. The van der Waals surface area contributed by atoms with Gasteiger partial charge in [0, 0.05) is 5.70 Å². The molecule has 0 radical (unpaired) electrons. The lowest BCUT2D eigenvalue weighted by molar-refractivity contribution is 0.0635. The third-order valence-electron chi connectivity index (χ3n) is 4.11. The van der Waals surface area contributed by atoms with Crippen LogP contribution in [0.5, 0.6) is 0 Å². The van der Waals surface area contributed by atoms with E-state index in [2.05, 4.69) is 34.5 Å². The van der Waals surface area contributed by atoms with E-state index in [1.54, 1.807) is 0 Å².